The largest absolute Gasteiger partial charge is 0.382 e. The number of pyridine rings is 1. The van der Waals surface area contributed by atoms with Crippen molar-refractivity contribution in [2.45, 2.75) is 32.2 Å². The van der Waals surface area contributed by atoms with Crippen molar-refractivity contribution in [1.82, 2.24) is 10.3 Å². The molecule has 1 saturated heterocycles. The Balaban J connectivity index is 0.00000147. The topological polar surface area (TPSA) is 37.0 Å². The van der Waals surface area contributed by atoms with Gasteiger partial charge < -0.3 is 10.6 Å². The first-order chi connectivity index (χ1) is 9.35. The van der Waals surface area contributed by atoms with E-state index in [4.69, 9.17) is 0 Å². The molecule has 108 valence electrons. The smallest absolute Gasteiger partial charge is 0.0706 e. The summed E-state index contributed by atoms with van der Waals surface area (Å²) in [5.74, 6) is 0. The molecular formula is C16H22ClN3. The minimum atomic E-state index is 0. The van der Waals surface area contributed by atoms with Gasteiger partial charge in [0.05, 0.1) is 5.52 Å². The maximum atomic E-state index is 4.64. The lowest BCUT2D eigenvalue weighted by atomic mass is 10.1. The van der Waals surface area contributed by atoms with Crippen LogP contribution in [0.4, 0.5) is 5.69 Å². The van der Waals surface area contributed by atoms with E-state index in [1.54, 1.807) is 0 Å². The Kier molecular flexibility index (Phi) is 5.21. The maximum Gasteiger partial charge on any atom is 0.0706 e. The van der Waals surface area contributed by atoms with Crippen molar-refractivity contribution in [3.63, 3.8) is 0 Å². The van der Waals surface area contributed by atoms with Crippen LogP contribution in [0.1, 0.15) is 25.5 Å². The Morgan fingerprint density at radius 2 is 2.00 bits per heavy atom. The van der Waals surface area contributed by atoms with Crippen LogP contribution < -0.4 is 10.6 Å². The number of aromatic nitrogens is 1. The zero-order valence-electron chi connectivity index (χ0n) is 11.9. The van der Waals surface area contributed by atoms with E-state index in [2.05, 4.69) is 52.9 Å². The number of nitrogens with one attached hydrogen (secondary N) is 2. The van der Waals surface area contributed by atoms with Crippen LogP contribution in [-0.4, -0.2) is 24.1 Å². The molecule has 1 aromatic carbocycles. The van der Waals surface area contributed by atoms with Gasteiger partial charge in [-0.05, 0) is 56.6 Å². The van der Waals surface area contributed by atoms with E-state index in [1.807, 2.05) is 0 Å². The molecule has 3 nitrogen and oxygen atoms in total. The first kappa shape index (κ1) is 15.1. The highest BCUT2D eigenvalue weighted by atomic mass is 35.5. The molecule has 0 saturated carbocycles. The van der Waals surface area contributed by atoms with Gasteiger partial charge in [0.2, 0.25) is 0 Å². The number of hydrogen-bond donors (Lipinski definition) is 2. The third-order valence-corrected chi connectivity index (χ3v) is 3.82. The Hall–Kier alpha value is -1.32. The molecule has 3 rings (SSSR count). The Bertz CT molecular complexity index is 565. The molecule has 0 amide bonds. The first-order valence-corrected chi connectivity index (χ1v) is 7.22. The van der Waals surface area contributed by atoms with Gasteiger partial charge in [-0.2, -0.15) is 0 Å². The summed E-state index contributed by atoms with van der Waals surface area (Å²) in [4.78, 5) is 4.64. The highest BCUT2D eigenvalue weighted by molar-refractivity contribution is 5.85. The van der Waals surface area contributed by atoms with Gasteiger partial charge in [0.15, 0.2) is 0 Å². The van der Waals surface area contributed by atoms with Gasteiger partial charge in [0, 0.05) is 22.8 Å². The SMILES string of the molecule is CCc1ccc2cc(NC3CCNCC3)ccc2n1.Cl. The van der Waals surface area contributed by atoms with Crippen molar-refractivity contribution >= 4 is 29.0 Å². The molecule has 1 aliphatic heterocycles. The summed E-state index contributed by atoms with van der Waals surface area (Å²) in [6.45, 7) is 4.38. The lowest BCUT2D eigenvalue weighted by Gasteiger charge is -2.24. The van der Waals surface area contributed by atoms with Crippen LogP contribution in [0, 0.1) is 0 Å². The standard InChI is InChI=1S/C16H21N3.ClH/c1-2-13-4-3-12-11-15(5-6-16(12)19-13)18-14-7-9-17-10-8-14;/h3-6,11,14,17-18H,2,7-10H2,1H3;1H. The van der Waals surface area contributed by atoms with Crippen LogP contribution in [-0.2, 0) is 6.42 Å². The van der Waals surface area contributed by atoms with Gasteiger partial charge in [0.25, 0.3) is 0 Å². The summed E-state index contributed by atoms with van der Waals surface area (Å²) in [6.07, 6.45) is 3.39. The minimum Gasteiger partial charge on any atom is -0.382 e. The second kappa shape index (κ2) is 6.91. The summed E-state index contributed by atoms with van der Waals surface area (Å²) in [7, 11) is 0. The van der Waals surface area contributed by atoms with E-state index in [1.165, 1.54) is 23.9 Å². The zero-order valence-corrected chi connectivity index (χ0v) is 12.7. The summed E-state index contributed by atoms with van der Waals surface area (Å²) < 4.78 is 0. The van der Waals surface area contributed by atoms with Crippen molar-refractivity contribution in [2.24, 2.45) is 0 Å². The highest BCUT2D eigenvalue weighted by Gasteiger charge is 2.12. The molecular weight excluding hydrogens is 270 g/mol. The van der Waals surface area contributed by atoms with Crippen LogP contribution in [0.25, 0.3) is 10.9 Å². The van der Waals surface area contributed by atoms with Crippen molar-refractivity contribution in [2.75, 3.05) is 18.4 Å². The molecule has 1 aromatic heterocycles. The van der Waals surface area contributed by atoms with Crippen molar-refractivity contribution < 1.29 is 0 Å². The van der Waals surface area contributed by atoms with E-state index in [9.17, 15) is 0 Å². The molecule has 20 heavy (non-hydrogen) atoms. The fourth-order valence-corrected chi connectivity index (χ4v) is 2.66. The lowest BCUT2D eigenvalue weighted by molar-refractivity contribution is 0.479. The predicted octanol–water partition coefficient (Wildman–Crippen LogP) is 3.38. The second-order valence-electron chi connectivity index (χ2n) is 5.23. The molecule has 1 fully saturated rings. The second-order valence-corrected chi connectivity index (χ2v) is 5.23. The molecule has 0 aliphatic carbocycles. The number of aryl methyl sites for hydroxylation is 1. The van der Waals surface area contributed by atoms with Gasteiger partial charge in [-0.3, -0.25) is 4.98 Å². The van der Waals surface area contributed by atoms with E-state index in [0.717, 1.165) is 30.7 Å². The third-order valence-electron chi connectivity index (χ3n) is 3.82. The molecule has 4 heteroatoms. The average Bonchev–Trinajstić information content (AvgIpc) is 2.48. The van der Waals surface area contributed by atoms with Gasteiger partial charge in [0.1, 0.15) is 0 Å². The summed E-state index contributed by atoms with van der Waals surface area (Å²) in [6, 6.07) is 11.4. The number of piperidine rings is 1. The normalized spacial score (nSPS) is 15.8. The zero-order chi connectivity index (χ0) is 13.1. The lowest BCUT2D eigenvalue weighted by Crippen LogP contribution is -2.35. The molecule has 2 aromatic rings. The number of fused-ring (bicyclic) bond motifs is 1. The average molecular weight is 292 g/mol. The highest BCUT2D eigenvalue weighted by Crippen LogP contribution is 2.20. The molecule has 0 atom stereocenters. The molecule has 0 unspecified atom stereocenters. The van der Waals surface area contributed by atoms with Crippen molar-refractivity contribution in [3.05, 3.63) is 36.0 Å². The number of rotatable bonds is 3. The van der Waals surface area contributed by atoms with E-state index >= 15 is 0 Å². The predicted molar refractivity (Wildman–Crippen MR) is 87.9 cm³/mol. The molecule has 0 radical (unpaired) electrons. The fourth-order valence-electron chi connectivity index (χ4n) is 2.66. The quantitative estimate of drug-likeness (QED) is 0.910. The number of halogens is 1. The van der Waals surface area contributed by atoms with Crippen LogP contribution >= 0.6 is 12.4 Å². The van der Waals surface area contributed by atoms with Gasteiger partial charge in [-0.1, -0.05) is 13.0 Å². The van der Waals surface area contributed by atoms with Crippen LogP contribution in [0.3, 0.4) is 0 Å². The van der Waals surface area contributed by atoms with Crippen molar-refractivity contribution in [1.29, 1.82) is 0 Å². The third kappa shape index (κ3) is 3.41. The molecule has 2 heterocycles. The van der Waals surface area contributed by atoms with E-state index in [-0.39, 0.29) is 12.4 Å². The van der Waals surface area contributed by atoms with Gasteiger partial charge in [-0.25, -0.2) is 0 Å². The number of anilines is 1. The fraction of sp³-hybridized carbons (Fsp3) is 0.438. The maximum absolute atomic E-state index is 4.64. The molecule has 1 aliphatic rings. The monoisotopic (exact) mass is 291 g/mol. The van der Waals surface area contributed by atoms with Gasteiger partial charge in [-0.15, -0.1) is 12.4 Å². The molecule has 0 bridgehead atoms. The Morgan fingerprint density at radius 1 is 1.20 bits per heavy atom. The number of hydrogen-bond acceptors (Lipinski definition) is 3. The van der Waals surface area contributed by atoms with Crippen LogP contribution in [0.15, 0.2) is 30.3 Å². The summed E-state index contributed by atoms with van der Waals surface area (Å²) >= 11 is 0. The van der Waals surface area contributed by atoms with Crippen LogP contribution in [0.5, 0.6) is 0 Å². The van der Waals surface area contributed by atoms with E-state index < -0.39 is 0 Å². The van der Waals surface area contributed by atoms with Crippen LogP contribution in [0.2, 0.25) is 0 Å². The van der Waals surface area contributed by atoms with Gasteiger partial charge >= 0.3 is 0 Å². The van der Waals surface area contributed by atoms with E-state index in [0.29, 0.717) is 6.04 Å². The Labute approximate surface area is 126 Å². The number of nitrogens with zero attached hydrogens (tertiary/aromatic N) is 1. The Morgan fingerprint density at radius 3 is 2.75 bits per heavy atom. The minimum absolute atomic E-state index is 0. The summed E-state index contributed by atoms with van der Waals surface area (Å²) in [5, 5.41) is 8.25. The molecule has 2 N–H and O–H groups in total. The summed E-state index contributed by atoms with van der Waals surface area (Å²) in [5.41, 5.74) is 3.47. The first-order valence-electron chi connectivity index (χ1n) is 7.22. The van der Waals surface area contributed by atoms with Crippen molar-refractivity contribution in [3.8, 4) is 0 Å². The molecule has 0 spiro atoms. The number of benzene rings is 1.